The lowest BCUT2D eigenvalue weighted by atomic mass is 9.95. The van der Waals surface area contributed by atoms with Crippen molar-refractivity contribution in [1.82, 2.24) is 10.2 Å². The molecule has 0 bridgehead atoms. The van der Waals surface area contributed by atoms with Crippen LogP contribution < -0.4 is 9.62 Å². The molecule has 1 atom stereocenters. The number of halogens is 5. The van der Waals surface area contributed by atoms with Crippen LogP contribution in [0.2, 0.25) is 5.02 Å². The summed E-state index contributed by atoms with van der Waals surface area (Å²) in [5.41, 5.74) is -0.953. The molecule has 1 saturated carbocycles. The van der Waals surface area contributed by atoms with Crippen molar-refractivity contribution in [3.8, 4) is 0 Å². The molecular formula is C32H34ClF4N3O4S. The monoisotopic (exact) mass is 667 g/mol. The predicted octanol–water partition coefficient (Wildman–Crippen LogP) is 6.87. The molecule has 242 valence electrons. The van der Waals surface area contributed by atoms with E-state index in [-0.39, 0.29) is 16.5 Å². The number of hydrogen-bond acceptors (Lipinski definition) is 4. The first kappa shape index (κ1) is 34.2. The number of benzene rings is 3. The zero-order valence-corrected chi connectivity index (χ0v) is 26.4. The van der Waals surface area contributed by atoms with Crippen molar-refractivity contribution in [2.45, 2.75) is 75.7 Å². The number of nitrogens with zero attached hydrogens (tertiary/aromatic N) is 2. The van der Waals surface area contributed by atoms with Crippen LogP contribution in [0.1, 0.15) is 55.7 Å². The van der Waals surface area contributed by atoms with Gasteiger partial charge in [0.15, 0.2) is 0 Å². The Labute approximate surface area is 265 Å². The van der Waals surface area contributed by atoms with Crippen LogP contribution in [0.5, 0.6) is 0 Å². The highest BCUT2D eigenvalue weighted by molar-refractivity contribution is 7.92. The average Bonchev–Trinajstić information content (AvgIpc) is 2.99. The summed E-state index contributed by atoms with van der Waals surface area (Å²) < 4.78 is 84.6. The average molecular weight is 668 g/mol. The number of rotatable bonds is 10. The smallest absolute Gasteiger partial charge is 0.352 e. The van der Waals surface area contributed by atoms with Crippen LogP contribution in [0, 0.1) is 12.7 Å². The van der Waals surface area contributed by atoms with Crippen LogP contribution in [0.4, 0.5) is 23.2 Å². The van der Waals surface area contributed by atoms with Crippen molar-refractivity contribution in [1.29, 1.82) is 0 Å². The number of amides is 2. The maximum atomic E-state index is 14.8. The van der Waals surface area contributed by atoms with Crippen molar-refractivity contribution in [3.63, 3.8) is 0 Å². The molecule has 0 aromatic heterocycles. The number of hydrogen-bond donors (Lipinski definition) is 1. The number of alkyl halides is 3. The van der Waals surface area contributed by atoms with Gasteiger partial charge in [0, 0.05) is 18.2 Å². The largest absolute Gasteiger partial charge is 0.417 e. The Hall–Kier alpha value is -3.64. The van der Waals surface area contributed by atoms with Crippen LogP contribution in [-0.4, -0.2) is 43.8 Å². The SMILES string of the molecule is Cc1ccc(S(=O)(=O)N(CC(=O)N(Cc2ccccc2F)[C@@H](C)C(=O)NC2CCCCC2)c2ccc(Cl)c(C(F)(F)F)c2)cc1. The van der Waals surface area contributed by atoms with Gasteiger partial charge in [0.1, 0.15) is 18.4 Å². The van der Waals surface area contributed by atoms with Gasteiger partial charge in [-0.05, 0) is 63.1 Å². The Bertz CT molecular complexity index is 1630. The lowest BCUT2D eigenvalue weighted by molar-refractivity contribution is -0.139. The van der Waals surface area contributed by atoms with Gasteiger partial charge < -0.3 is 10.2 Å². The van der Waals surface area contributed by atoms with Gasteiger partial charge in [-0.1, -0.05) is 66.8 Å². The van der Waals surface area contributed by atoms with Gasteiger partial charge in [-0.2, -0.15) is 13.2 Å². The van der Waals surface area contributed by atoms with Gasteiger partial charge in [-0.15, -0.1) is 0 Å². The number of nitrogens with one attached hydrogen (secondary N) is 1. The minimum absolute atomic E-state index is 0.0713. The molecule has 0 radical (unpaired) electrons. The molecule has 7 nitrogen and oxygen atoms in total. The number of carbonyl (C=O) groups is 2. The Morgan fingerprint density at radius 2 is 1.64 bits per heavy atom. The number of aryl methyl sites for hydroxylation is 1. The van der Waals surface area contributed by atoms with Crippen LogP contribution >= 0.6 is 11.6 Å². The number of sulfonamides is 1. The summed E-state index contributed by atoms with van der Waals surface area (Å²) in [4.78, 5) is 28.2. The quantitative estimate of drug-likeness (QED) is 0.239. The molecule has 3 aromatic rings. The maximum absolute atomic E-state index is 14.8. The fraction of sp³-hybridized carbons (Fsp3) is 0.375. The highest BCUT2D eigenvalue weighted by Gasteiger charge is 2.37. The highest BCUT2D eigenvalue weighted by Crippen LogP contribution is 2.38. The first-order valence-electron chi connectivity index (χ1n) is 14.5. The molecule has 13 heteroatoms. The minimum atomic E-state index is -4.92. The third-order valence-electron chi connectivity index (χ3n) is 7.85. The summed E-state index contributed by atoms with van der Waals surface area (Å²) in [6.45, 7) is 1.80. The molecular weight excluding hydrogens is 634 g/mol. The standard InChI is InChI=1S/C32H34ClF4N3O4S/c1-21-12-15-26(16-13-21)45(43,44)40(25-14-17-28(33)27(18-25)32(35,36)37)20-30(41)39(19-23-8-6-7-11-29(23)34)22(2)31(42)38-24-9-4-3-5-10-24/h6-8,11-18,22,24H,3-5,9-10,19-20H2,1-2H3,(H,38,42)/t22-/m0/s1. The van der Waals surface area contributed by atoms with Crippen molar-refractivity contribution in [2.75, 3.05) is 10.8 Å². The van der Waals surface area contributed by atoms with Crippen LogP contribution in [-0.2, 0) is 32.3 Å². The van der Waals surface area contributed by atoms with E-state index in [1.165, 1.54) is 49.4 Å². The third kappa shape index (κ3) is 8.35. The van der Waals surface area contributed by atoms with Crippen molar-refractivity contribution < 1.29 is 35.6 Å². The maximum Gasteiger partial charge on any atom is 0.417 e. The molecule has 1 N–H and O–H groups in total. The summed E-state index contributed by atoms with van der Waals surface area (Å²) in [5, 5.41) is 2.28. The molecule has 1 aliphatic rings. The fourth-order valence-electron chi connectivity index (χ4n) is 5.21. The second-order valence-electron chi connectivity index (χ2n) is 11.1. The van der Waals surface area contributed by atoms with Gasteiger partial charge in [-0.3, -0.25) is 13.9 Å². The zero-order chi connectivity index (χ0) is 32.9. The van der Waals surface area contributed by atoms with Gasteiger partial charge in [-0.25, -0.2) is 12.8 Å². The van der Waals surface area contributed by atoms with E-state index in [0.717, 1.165) is 54.7 Å². The highest BCUT2D eigenvalue weighted by atomic mass is 35.5. The van der Waals surface area contributed by atoms with E-state index in [4.69, 9.17) is 11.6 Å². The van der Waals surface area contributed by atoms with E-state index < -0.39 is 69.2 Å². The molecule has 0 heterocycles. The summed E-state index contributed by atoms with van der Waals surface area (Å²) in [6.07, 6.45) is -0.473. The van der Waals surface area contributed by atoms with Gasteiger partial charge >= 0.3 is 6.18 Å². The molecule has 2 amide bonds. The summed E-state index contributed by atoms with van der Waals surface area (Å²) in [6, 6.07) is 12.5. The van der Waals surface area contributed by atoms with Gasteiger partial charge in [0.2, 0.25) is 11.8 Å². The van der Waals surface area contributed by atoms with Crippen LogP contribution in [0.3, 0.4) is 0 Å². The van der Waals surface area contributed by atoms with E-state index in [1.54, 1.807) is 13.0 Å². The Kier molecular flexibility index (Phi) is 10.8. The van der Waals surface area contributed by atoms with E-state index in [0.29, 0.717) is 10.4 Å². The van der Waals surface area contributed by atoms with Crippen LogP contribution in [0.25, 0.3) is 0 Å². The topological polar surface area (TPSA) is 86.8 Å². The summed E-state index contributed by atoms with van der Waals surface area (Å²) >= 11 is 5.81. The summed E-state index contributed by atoms with van der Waals surface area (Å²) in [5.74, 6) is -2.08. The summed E-state index contributed by atoms with van der Waals surface area (Å²) in [7, 11) is -4.62. The molecule has 4 rings (SSSR count). The van der Waals surface area contributed by atoms with Crippen molar-refractivity contribution >= 4 is 39.1 Å². The molecule has 0 saturated heterocycles. The lowest BCUT2D eigenvalue weighted by Gasteiger charge is -2.33. The van der Waals surface area contributed by atoms with Gasteiger partial charge in [0.05, 0.1) is 21.2 Å². The van der Waals surface area contributed by atoms with Gasteiger partial charge in [0.25, 0.3) is 10.0 Å². The molecule has 45 heavy (non-hydrogen) atoms. The van der Waals surface area contributed by atoms with E-state index in [1.807, 2.05) is 0 Å². The van der Waals surface area contributed by atoms with E-state index in [9.17, 15) is 35.6 Å². The fourth-order valence-corrected chi connectivity index (χ4v) is 6.84. The Balaban J connectivity index is 1.75. The molecule has 1 fully saturated rings. The normalized spacial score (nSPS) is 14.9. The molecule has 0 spiro atoms. The predicted molar refractivity (Wildman–Crippen MR) is 164 cm³/mol. The first-order chi connectivity index (χ1) is 21.2. The molecule has 1 aliphatic carbocycles. The Morgan fingerprint density at radius 1 is 1.00 bits per heavy atom. The van der Waals surface area contributed by atoms with E-state index >= 15 is 0 Å². The second kappa shape index (κ2) is 14.2. The molecule has 0 unspecified atom stereocenters. The Morgan fingerprint density at radius 3 is 2.27 bits per heavy atom. The number of anilines is 1. The molecule has 3 aromatic carbocycles. The zero-order valence-electron chi connectivity index (χ0n) is 24.8. The minimum Gasteiger partial charge on any atom is -0.352 e. The van der Waals surface area contributed by atoms with Crippen molar-refractivity contribution in [3.05, 3.63) is 94.3 Å². The molecule has 0 aliphatic heterocycles. The van der Waals surface area contributed by atoms with Crippen molar-refractivity contribution in [2.24, 2.45) is 0 Å². The van der Waals surface area contributed by atoms with Crippen LogP contribution in [0.15, 0.2) is 71.6 Å². The third-order valence-corrected chi connectivity index (χ3v) is 9.97. The first-order valence-corrected chi connectivity index (χ1v) is 16.3. The number of carbonyl (C=O) groups excluding carboxylic acids is 2. The second-order valence-corrected chi connectivity index (χ2v) is 13.4. The lowest BCUT2D eigenvalue weighted by Crippen LogP contribution is -2.53. The van der Waals surface area contributed by atoms with E-state index in [2.05, 4.69) is 5.32 Å².